The average Bonchev–Trinajstić information content (AvgIpc) is 2.56. The SMILES string of the molecule is O=C(Nc1c[c]ccc1)c1cc(F)cc(-c2ccccc2)c1. The van der Waals surface area contributed by atoms with Crippen molar-refractivity contribution in [3.63, 3.8) is 0 Å². The van der Waals surface area contributed by atoms with Crippen molar-refractivity contribution in [2.24, 2.45) is 0 Å². The molecule has 3 aromatic rings. The van der Waals surface area contributed by atoms with E-state index in [4.69, 9.17) is 0 Å². The van der Waals surface area contributed by atoms with Gasteiger partial charge in [0.2, 0.25) is 0 Å². The maximum atomic E-state index is 13.8. The van der Waals surface area contributed by atoms with Crippen LogP contribution in [-0.4, -0.2) is 5.91 Å². The first-order valence-electron chi connectivity index (χ1n) is 6.86. The minimum absolute atomic E-state index is 0.280. The lowest BCUT2D eigenvalue weighted by atomic mass is 10.0. The van der Waals surface area contributed by atoms with Crippen molar-refractivity contribution in [1.82, 2.24) is 0 Å². The summed E-state index contributed by atoms with van der Waals surface area (Å²) >= 11 is 0. The van der Waals surface area contributed by atoms with Crippen molar-refractivity contribution in [1.29, 1.82) is 0 Å². The van der Waals surface area contributed by atoms with E-state index in [2.05, 4.69) is 11.4 Å². The lowest BCUT2D eigenvalue weighted by Crippen LogP contribution is -2.12. The predicted molar refractivity (Wildman–Crippen MR) is 85.1 cm³/mol. The Bertz CT molecular complexity index is 785. The highest BCUT2D eigenvalue weighted by Crippen LogP contribution is 2.22. The zero-order valence-corrected chi connectivity index (χ0v) is 11.7. The molecule has 1 radical (unpaired) electrons. The molecule has 0 aliphatic carbocycles. The van der Waals surface area contributed by atoms with Gasteiger partial charge < -0.3 is 5.32 Å². The lowest BCUT2D eigenvalue weighted by molar-refractivity contribution is 0.102. The van der Waals surface area contributed by atoms with Gasteiger partial charge in [-0.05, 0) is 47.5 Å². The lowest BCUT2D eigenvalue weighted by Gasteiger charge is -2.08. The summed E-state index contributed by atoms with van der Waals surface area (Å²) in [6, 6.07) is 23.5. The van der Waals surface area contributed by atoms with Crippen LogP contribution in [0.2, 0.25) is 0 Å². The Balaban J connectivity index is 1.91. The highest BCUT2D eigenvalue weighted by atomic mass is 19.1. The van der Waals surface area contributed by atoms with Gasteiger partial charge in [0.15, 0.2) is 0 Å². The van der Waals surface area contributed by atoms with Gasteiger partial charge in [0.05, 0.1) is 0 Å². The highest BCUT2D eigenvalue weighted by molar-refractivity contribution is 6.04. The Kier molecular flexibility index (Phi) is 3.97. The standard InChI is InChI=1S/C19H13FNO/c20-17-12-15(14-7-3-1-4-8-14)11-16(13-17)19(22)21-18-9-5-2-6-10-18/h1-5,7-13H,(H,21,22). The van der Waals surface area contributed by atoms with Gasteiger partial charge in [0.1, 0.15) is 5.82 Å². The molecule has 2 nitrogen and oxygen atoms in total. The monoisotopic (exact) mass is 290 g/mol. The van der Waals surface area contributed by atoms with E-state index in [-0.39, 0.29) is 11.5 Å². The number of hydrogen-bond acceptors (Lipinski definition) is 1. The van der Waals surface area contributed by atoms with Gasteiger partial charge in [-0.3, -0.25) is 4.79 Å². The van der Waals surface area contributed by atoms with E-state index < -0.39 is 5.82 Å². The van der Waals surface area contributed by atoms with E-state index in [1.54, 1.807) is 30.3 Å². The fraction of sp³-hybridized carbons (Fsp3) is 0. The molecule has 3 heteroatoms. The molecule has 0 saturated heterocycles. The number of carbonyl (C=O) groups excluding carboxylic acids is 1. The summed E-state index contributed by atoms with van der Waals surface area (Å²) in [7, 11) is 0. The number of hydrogen-bond donors (Lipinski definition) is 1. The summed E-state index contributed by atoms with van der Waals surface area (Å²) < 4.78 is 13.8. The highest BCUT2D eigenvalue weighted by Gasteiger charge is 2.10. The van der Waals surface area contributed by atoms with E-state index in [1.165, 1.54) is 12.1 Å². The summed E-state index contributed by atoms with van der Waals surface area (Å²) in [5, 5.41) is 2.73. The van der Waals surface area contributed by atoms with Crippen LogP contribution in [0.3, 0.4) is 0 Å². The number of halogens is 1. The molecule has 3 aromatic carbocycles. The number of nitrogens with one attached hydrogen (secondary N) is 1. The van der Waals surface area contributed by atoms with E-state index in [0.717, 1.165) is 5.56 Å². The van der Waals surface area contributed by atoms with Gasteiger partial charge in [-0.25, -0.2) is 4.39 Å². The minimum Gasteiger partial charge on any atom is -0.322 e. The summed E-state index contributed by atoms with van der Waals surface area (Å²) in [5.41, 5.74) is 2.44. The third kappa shape index (κ3) is 3.20. The second-order valence-corrected chi connectivity index (χ2v) is 4.84. The van der Waals surface area contributed by atoms with Gasteiger partial charge >= 0.3 is 0 Å². The number of benzene rings is 3. The fourth-order valence-electron chi connectivity index (χ4n) is 2.19. The molecule has 0 fully saturated rings. The van der Waals surface area contributed by atoms with Crippen molar-refractivity contribution in [3.05, 3.63) is 90.2 Å². The van der Waals surface area contributed by atoms with E-state index in [1.807, 2.05) is 30.3 Å². The quantitative estimate of drug-likeness (QED) is 0.753. The van der Waals surface area contributed by atoms with Crippen LogP contribution in [0.15, 0.2) is 72.8 Å². The van der Waals surface area contributed by atoms with Gasteiger partial charge in [0.25, 0.3) is 5.91 Å². The molecular formula is C19H13FNO. The van der Waals surface area contributed by atoms with Crippen molar-refractivity contribution in [3.8, 4) is 11.1 Å². The molecule has 0 aromatic heterocycles. The summed E-state index contributed by atoms with van der Waals surface area (Å²) in [6.07, 6.45) is 0. The van der Waals surface area contributed by atoms with Crippen LogP contribution in [0.5, 0.6) is 0 Å². The topological polar surface area (TPSA) is 29.1 Å². The van der Waals surface area contributed by atoms with Gasteiger partial charge in [0, 0.05) is 11.3 Å². The van der Waals surface area contributed by atoms with Gasteiger partial charge in [-0.2, -0.15) is 0 Å². The summed E-state index contributed by atoms with van der Waals surface area (Å²) in [6.45, 7) is 0. The first-order valence-corrected chi connectivity index (χ1v) is 6.86. The maximum Gasteiger partial charge on any atom is 0.255 e. The minimum atomic E-state index is -0.439. The Morgan fingerprint density at radius 1 is 0.955 bits per heavy atom. The molecule has 0 heterocycles. The number of anilines is 1. The number of carbonyl (C=O) groups is 1. The van der Waals surface area contributed by atoms with Gasteiger partial charge in [-0.15, -0.1) is 0 Å². The van der Waals surface area contributed by atoms with Crippen LogP contribution < -0.4 is 5.32 Å². The van der Waals surface area contributed by atoms with Crippen molar-refractivity contribution in [2.45, 2.75) is 0 Å². The Morgan fingerprint density at radius 2 is 1.77 bits per heavy atom. The summed E-state index contributed by atoms with van der Waals surface area (Å²) in [4.78, 5) is 12.3. The summed E-state index contributed by atoms with van der Waals surface area (Å²) in [5.74, 6) is -0.789. The third-order valence-electron chi connectivity index (χ3n) is 3.23. The zero-order valence-electron chi connectivity index (χ0n) is 11.7. The number of rotatable bonds is 3. The fourth-order valence-corrected chi connectivity index (χ4v) is 2.19. The Hall–Kier alpha value is -2.94. The van der Waals surface area contributed by atoms with E-state index in [0.29, 0.717) is 11.3 Å². The smallest absolute Gasteiger partial charge is 0.255 e. The molecule has 0 spiro atoms. The normalized spacial score (nSPS) is 10.2. The van der Waals surface area contributed by atoms with Crippen molar-refractivity contribution >= 4 is 11.6 Å². The molecule has 22 heavy (non-hydrogen) atoms. The van der Waals surface area contributed by atoms with Crippen LogP contribution in [0.4, 0.5) is 10.1 Å². The maximum absolute atomic E-state index is 13.8. The largest absolute Gasteiger partial charge is 0.322 e. The molecule has 0 saturated carbocycles. The van der Waals surface area contributed by atoms with Crippen molar-refractivity contribution < 1.29 is 9.18 Å². The van der Waals surface area contributed by atoms with Crippen LogP contribution in [0, 0.1) is 11.9 Å². The molecule has 3 rings (SSSR count). The molecule has 1 amide bonds. The molecule has 0 atom stereocenters. The molecular weight excluding hydrogens is 277 g/mol. The second kappa shape index (κ2) is 6.22. The predicted octanol–water partition coefficient (Wildman–Crippen LogP) is 4.55. The van der Waals surface area contributed by atoms with Crippen LogP contribution >= 0.6 is 0 Å². The first-order chi connectivity index (χ1) is 10.7. The number of amides is 1. The van der Waals surface area contributed by atoms with Crippen LogP contribution in [-0.2, 0) is 0 Å². The Labute approximate surface area is 128 Å². The van der Waals surface area contributed by atoms with E-state index in [9.17, 15) is 9.18 Å². The zero-order chi connectivity index (χ0) is 15.4. The van der Waals surface area contributed by atoms with Gasteiger partial charge in [-0.1, -0.05) is 42.5 Å². The first kappa shape index (κ1) is 14.0. The molecule has 1 N–H and O–H groups in total. The second-order valence-electron chi connectivity index (χ2n) is 4.84. The molecule has 0 aliphatic heterocycles. The third-order valence-corrected chi connectivity index (χ3v) is 3.23. The van der Waals surface area contributed by atoms with Crippen molar-refractivity contribution in [2.75, 3.05) is 5.32 Å². The Morgan fingerprint density at radius 3 is 2.50 bits per heavy atom. The molecule has 0 bridgehead atoms. The molecule has 107 valence electrons. The average molecular weight is 290 g/mol. The van der Waals surface area contributed by atoms with Crippen LogP contribution in [0.1, 0.15) is 10.4 Å². The van der Waals surface area contributed by atoms with E-state index >= 15 is 0 Å². The van der Waals surface area contributed by atoms with Crippen LogP contribution in [0.25, 0.3) is 11.1 Å². The molecule has 0 aliphatic rings. The molecule has 0 unspecified atom stereocenters.